The summed E-state index contributed by atoms with van der Waals surface area (Å²) in [6.45, 7) is 0. The maximum Gasteiger partial charge on any atom is 0.264 e. The number of benzene rings is 1. The molecule has 27 heavy (non-hydrogen) atoms. The van der Waals surface area contributed by atoms with Crippen molar-refractivity contribution in [2.24, 2.45) is 0 Å². The van der Waals surface area contributed by atoms with Crippen LogP contribution in [0.4, 0.5) is 0 Å². The Morgan fingerprint density at radius 3 is 2.48 bits per heavy atom. The molecule has 0 radical (unpaired) electrons. The Morgan fingerprint density at radius 2 is 1.74 bits per heavy atom. The van der Waals surface area contributed by atoms with E-state index in [0.29, 0.717) is 22.5 Å². The van der Waals surface area contributed by atoms with Gasteiger partial charge in [-0.3, -0.25) is 19.3 Å². The van der Waals surface area contributed by atoms with E-state index >= 15 is 0 Å². The van der Waals surface area contributed by atoms with Gasteiger partial charge in [-0.25, -0.2) is 0 Å². The van der Waals surface area contributed by atoms with E-state index in [1.807, 2.05) is 36.4 Å². The number of hydrogen-bond acceptors (Lipinski definition) is 4. The highest BCUT2D eigenvalue weighted by molar-refractivity contribution is 5.73. The molecule has 4 rings (SSSR count). The molecule has 3 heterocycles. The van der Waals surface area contributed by atoms with Crippen molar-refractivity contribution < 1.29 is 0 Å². The molecule has 5 nitrogen and oxygen atoms in total. The van der Waals surface area contributed by atoms with E-state index in [-0.39, 0.29) is 5.56 Å². The average Bonchev–Trinajstić information content (AvgIpc) is 2.75. The lowest BCUT2D eigenvalue weighted by Gasteiger charge is -2.12. The zero-order valence-corrected chi connectivity index (χ0v) is 14.3. The number of nitrogens with zero attached hydrogens (tertiary/aromatic N) is 4. The molecular formula is C22H14N4O. The highest BCUT2D eigenvalue weighted by Crippen LogP contribution is 2.25. The predicted octanol–water partition coefficient (Wildman–Crippen LogP) is 3.83. The van der Waals surface area contributed by atoms with Crippen LogP contribution in [0.15, 0.2) is 90.2 Å². The van der Waals surface area contributed by atoms with E-state index in [0.717, 1.165) is 11.1 Å². The second-order valence-corrected chi connectivity index (χ2v) is 5.91. The van der Waals surface area contributed by atoms with E-state index in [1.54, 1.807) is 53.6 Å². The smallest absolute Gasteiger partial charge is 0.264 e. The average molecular weight is 350 g/mol. The Balaban J connectivity index is 2.04. The van der Waals surface area contributed by atoms with Gasteiger partial charge in [0.1, 0.15) is 6.07 Å². The summed E-state index contributed by atoms with van der Waals surface area (Å²) in [6.07, 6.45) is 6.65. The molecule has 128 valence electrons. The number of rotatable bonds is 3. The van der Waals surface area contributed by atoms with Crippen molar-refractivity contribution in [1.29, 1.82) is 5.26 Å². The third-order valence-electron chi connectivity index (χ3n) is 4.23. The first-order chi connectivity index (χ1) is 13.3. The summed E-state index contributed by atoms with van der Waals surface area (Å²) < 4.78 is 1.54. The Kier molecular flexibility index (Phi) is 4.30. The monoisotopic (exact) mass is 350 g/mol. The summed E-state index contributed by atoms with van der Waals surface area (Å²) in [5.74, 6) is 0. The highest BCUT2D eigenvalue weighted by Gasteiger charge is 2.15. The van der Waals surface area contributed by atoms with Gasteiger partial charge in [0.25, 0.3) is 5.56 Å². The summed E-state index contributed by atoms with van der Waals surface area (Å²) in [7, 11) is 0. The SMILES string of the molecule is N#Cc1cccnc1-c1cc(-c2ccccc2)cn(-c2cccnc2)c1=O. The zero-order valence-electron chi connectivity index (χ0n) is 14.3. The second-order valence-electron chi connectivity index (χ2n) is 5.91. The standard InChI is InChI=1S/C22H14N4O/c23-13-17-8-4-11-25-21(17)20-12-18(16-6-2-1-3-7-16)15-26(22(20)27)19-9-5-10-24-14-19/h1-12,14-15H. The maximum atomic E-state index is 13.2. The number of nitriles is 1. The molecule has 0 spiro atoms. The first-order valence-corrected chi connectivity index (χ1v) is 8.36. The van der Waals surface area contributed by atoms with Crippen molar-refractivity contribution in [3.63, 3.8) is 0 Å². The third kappa shape index (κ3) is 3.12. The number of hydrogen-bond donors (Lipinski definition) is 0. The lowest BCUT2D eigenvalue weighted by atomic mass is 10.0. The highest BCUT2D eigenvalue weighted by atomic mass is 16.1. The minimum Gasteiger partial charge on any atom is -0.282 e. The molecule has 0 atom stereocenters. The number of aromatic nitrogens is 3. The van der Waals surface area contributed by atoms with Gasteiger partial charge in [-0.15, -0.1) is 0 Å². The van der Waals surface area contributed by atoms with Gasteiger partial charge in [-0.1, -0.05) is 30.3 Å². The largest absolute Gasteiger partial charge is 0.282 e. The van der Waals surface area contributed by atoms with Gasteiger partial charge in [0, 0.05) is 18.6 Å². The van der Waals surface area contributed by atoms with Gasteiger partial charge in [0.15, 0.2) is 0 Å². The molecule has 0 unspecified atom stereocenters. The van der Waals surface area contributed by atoms with E-state index in [9.17, 15) is 10.1 Å². The molecule has 0 aliphatic carbocycles. The molecule has 0 N–H and O–H groups in total. The fraction of sp³-hybridized carbons (Fsp3) is 0. The summed E-state index contributed by atoms with van der Waals surface area (Å²) in [5, 5.41) is 9.43. The molecule has 3 aromatic heterocycles. The van der Waals surface area contributed by atoms with Crippen molar-refractivity contribution in [1.82, 2.24) is 14.5 Å². The van der Waals surface area contributed by atoms with Gasteiger partial charge in [0.2, 0.25) is 0 Å². The molecule has 0 aliphatic heterocycles. The molecule has 0 bridgehead atoms. The Hall–Kier alpha value is -4.04. The van der Waals surface area contributed by atoms with E-state index in [4.69, 9.17) is 0 Å². The van der Waals surface area contributed by atoms with Crippen LogP contribution in [0.25, 0.3) is 28.1 Å². The molecule has 0 amide bonds. The second kappa shape index (κ2) is 7.06. The van der Waals surface area contributed by atoms with Crippen LogP contribution in [-0.2, 0) is 0 Å². The first kappa shape index (κ1) is 16.4. The van der Waals surface area contributed by atoms with Crippen LogP contribution in [0, 0.1) is 11.3 Å². The predicted molar refractivity (Wildman–Crippen MR) is 103 cm³/mol. The van der Waals surface area contributed by atoms with Crippen LogP contribution in [-0.4, -0.2) is 14.5 Å². The van der Waals surface area contributed by atoms with Gasteiger partial charge in [-0.05, 0) is 41.5 Å². The van der Waals surface area contributed by atoms with Crippen molar-refractivity contribution in [3.8, 4) is 34.1 Å². The maximum absolute atomic E-state index is 13.2. The molecule has 0 saturated heterocycles. The molecule has 0 saturated carbocycles. The van der Waals surface area contributed by atoms with Gasteiger partial charge in [-0.2, -0.15) is 5.26 Å². The van der Waals surface area contributed by atoms with Gasteiger partial charge >= 0.3 is 0 Å². The van der Waals surface area contributed by atoms with Crippen LogP contribution >= 0.6 is 0 Å². The quantitative estimate of drug-likeness (QED) is 0.563. The van der Waals surface area contributed by atoms with Crippen molar-refractivity contribution in [2.75, 3.05) is 0 Å². The van der Waals surface area contributed by atoms with E-state index in [1.165, 1.54) is 0 Å². The summed E-state index contributed by atoms with van der Waals surface area (Å²) in [5.41, 5.74) is 3.32. The van der Waals surface area contributed by atoms with Crippen LogP contribution in [0.1, 0.15) is 5.56 Å². The Bertz CT molecular complexity index is 1190. The van der Waals surface area contributed by atoms with Crippen molar-refractivity contribution in [2.45, 2.75) is 0 Å². The molecule has 4 aromatic rings. The van der Waals surface area contributed by atoms with Crippen LogP contribution < -0.4 is 5.56 Å². The molecule has 0 aliphatic rings. The number of pyridine rings is 3. The topological polar surface area (TPSA) is 71.6 Å². The summed E-state index contributed by atoms with van der Waals surface area (Å²) in [4.78, 5) is 21.6. The Morgan fingerprint density at radius 1 is 0.926 bits per heavy atom. The van der Waals surface area contributed by atoms with Gasteiger partial charge < -0.3 is 0 Å². The normalized spacial score (nSPS) is 10.3. The van der Waals surface area contributed by atoms with E-state index < -0.39 is 0 Å². The lowest BCUT2D eigenvalue weighted by molar-refractivity contribution is 0.980. The minimum atomic E-state index is -0.252. The fourth-order valence-corrected chi connectivity index (χ4v) is 2.94. The van der Waals surface area contributed by atoms with E-state index in [2.05, 4.69) is 16.0 Å². The molecule has 0 fully saturated rings. The molecular weight excluding hydrogens is 336 g/mol. The Labute approximate surface area is 155 Å². The minimum absolute atomic E-state index is 0.252. The van der Waals surface area contributed by atoms with Gasteiger partial charge in [0.05, 0.1) is 28.7 Å². The van der Waals surface area contributed by atoms with Crippen LogP contribution in [0.3, 0.4) is 0 Å². The lowest BCUT2D eigenvalue weighted by Crippen LogP contribution is -2.20. The first-order valence-electron chi connectivity index (χ1n) is 8.36. The molecule has 1 aromatic carbocycles. The zero-order chi connectivity index (χ0) is 18.6. The summed E-state index contributed by atoms with van der Waals surface area (Å²) >= 11 is 0. The van der Waals surface area contributed by atoms with Crippen LogP contribution in [0.2, 0.25) is 0 Å². The fourth-order valence-electron chi connectivity index (χ4n) is 2.94. The van der Waals surface area contributed by atoms with Crippen molar-refractivity contribution in [3.05, 3.63) is 101 Å². The summed E-state index contributed by atoms with van der Waals surface area (Å²) in [6, 6.07) is 20.6. The third-order valence-corrected chi connectivity index (χ3v) is 4.23. The van der Waals surface area contributed by atoms with Crippen LogP contribution in [0.5, 0.6) is 0 Å². The van der Waals surface area contributed by atoms with Crippen molar-refractivity contribution >= 4 is 0 Å². The molecule has 5 heteroatoms.